The van der Waals surface area contributed by atoms with Crippen molar-refractivity contribution in [2.45, 2.75) is 89.3 Å². The molecule has 3 N–H and O–H groups in total. The van der Waals surface area contributed by atoms with Crippen molar-refractivity contribution in [2.24, 2.45) is 35.3 Å². The van der Waals surface area contributed by atoms with Crippen LogP contribution in [0.4, 0.5) is 0 Å². The molecule has 174 valence electrons. The molecule has 5 unspecified atom stereocenters. The SMILES string of the molecule is CC1NC(C)C2CC(C3CCC(C(=O)N4CCN(C(=O)C5(N)CC5)CC4)CC3)CCC12. The van der Waals surface area contributed by atoms with Crippen molar-refractivity contribution in [3.8, 4) is 0 Å². The zero-order chi connectivity index (χ0) is 21.8. The molecule has 3 aliphatic carbocycles. The first-order chi connectivity index (χ1) is 14.9. The topological polar surface area (TPSA) is 78.7 Å². The molecule has 5 fully saturated rings. The highest BCUT2D eigenvalue weighted by molar-refractivity contribution is 5.89. The summed E-state index contributed by atoms with van der Waals surface area (Å²) in [6, 6.07) is 1.35. The van der Waals surface area contributed by atoms with Gasteiger partial charge in [-0.15, -0.1) is 0 Å². The first kappa shape index (κ1) is 21.7. The number of nitrogens with one attached hydrogen (secondary N) is 1. The number of rotatable bonds is 3. The van der Waals surface area contributed by atoms with Gasteiger partial charge < -0.3 is 20.9 Å². The Labute approximate surface area is 187 Å². The zero-order valence-electron chi connectivity index (χ0n) is 19.5. The molecular formula is C25H42N4O2. The third-order valence-electron chi connectivity index (χ3n) is 9.69. The van der Waals surface area contributed by atoms with E-state index in [1.165, 1.54) is 32.1 Å². The molecule has 5 aliphatic rings. The Hall–Kier alpha value is -1.14. The summed E-state index contributed by atoms with van der Waals surface area (Å²) in [4.78, 5) is 29.5. The average Bonchev–Trinajstić information content (AvgIpc) is 3.49. The third kappa shape index (κ3) is 4.15. The van der Waals surface area contributed by atoms with E-state index < -0.39 is 5.54 Å². The van der Waals surface area contributed by atoms with Gasteiger partial charge >= 0.3 is 0 Å². The molecule has 2 saturated heterocycles. The molecule has 0 spiro atoms. The van der Waals surface area contributed by atoms with Gasteiger partial charge in [0.25, 0.3) is 0 Å². The Bertz CT molecular complexity index is 692. The molecule has 2 aliphatic heterocycles. The van der Waals surface area contributed by atoms with Gasteiger partial charge in [-0.3, -0.25) is 9.59 Å². The lowest BCUT2D eigenvalue weighted by Crippen LogP contribution is -2.56. The average molecular weight is 431 g/mol. The van der Waals surface area contributed by atoms with Gasteiger partial charge in [0.2, 0.25) is 11.8 Å². The summed E-state index contributed by atoms with van der Waals surface area (Å²) in [5, 5.41) is 3.78. The third-order valence-corrected chi connectivity index (χ3v) is 9.69. The van der Waals surface area contributed by atoms with Gasteiger partial charge in [-0.05, 0) is 95.3 Å². The zero-order valence-corrected chi connectivity index (χ0v) is 19.5. The van der Waals surface area contributed by atoms with Gasteiger partial charge in [0.05, 0.1) is 5.54 Å². The fraction of sp³-hybridized carbons (Fsp3) is 0.920. The highest BCUT2D eigenvalue weighted by Gasteiger charge is 2.49. The van der Waals surface area contributed by atoms with Crippen LogP contribution in [0.1, 0.15) is 71.6 Å². The standard InChI is InChI=1S/C25H42N4O2/c1-16-21-8-7-20(15-22(21)17(2)27-16)18-3-5-19(6-4-18)23(30)28-11-13-29(14-12-28)24(31)25(26)9-10-25/h16-22,27H,3-15,26H2,1-2H3. The van der Waals surface area contributed by atoms with E-state index in [0.29, 0.717) is 44.2 Å². The lowest BCUT2D eigenvalue weighted by atomic mass is 9.64. The Morgan fingerprint density at radius 1 is 0.806 bits per heavy atom. The van der Waals surface area contributed by atoms with Crippen molar-refractivity contribution in [1.82, 2.24) is 15.1 Å². The van der Waals surface area contributed by atoms with Gasteiger partial charge in [-0.2, -0.15) is 0 Å². The van der Waals surface area contributed by atoms with E-state index >= 15 is 0 Å². The van der Waals surface area contributed by atoms with E-state index in [4.69, 9.17) is 5.73 Å². The quantitative estimate of drug-likeness (QED) is 0.721. The van der Waals surface area contributed by atoms with Gasteiger partial charge in [-0.25, -0.2) is 0 Å². The molecule has 3 saturated carbocycles. The van der Waals surface area contributed by atoms with Crippen LogP contribution in [0.3, 0.4) is 0 Å². The second-order valence-corrected chi connectivity index (χ2v) is 11.5. The first-order valence-corrected chi connectivity index (χ1v) is 13.0. The minimum absolute atomic E-state index is 0.0935. The van der Waals surface area contributed by atoms with E-state index in [-0.39, 0.29) is 11.8 Å². The van der Waals surface area contributed by atoms with Crippen LogP contribution in [0.2, 0.25) is 0 Å². The predicted molar refractivity (Wildman–Crippen MR) is 121 cm³/mol. The van der Waals surface area contributed by atoms with Gasteiger partial charge in [0.1, 0.15) is 0 Å². The maximum atomic E-state index is 13.1. The Morgan fingerprint density at radius 2 is 1.39 bits per heavy atom. The van der Waals surface area contributed by atoms with E-state index in [0.717, 1.165) is 49.4 Å². The second kappa shape index (κ2) is 8.33. The number of piperazine rings is 1. The molecule has 31 heavy (non-hydrogen) atoms. The van der Waals surface area contributed by atoms with Crippen LogP contribution in [0.5, 0.6) is 0 Å². The van der Waals surface area contributed by atoms with Crippen molar-refractivity contribution >= 4 is 11.8 Å². The summed E-state index contributed by atoms with van der Waals surface area (Å²) < 4.78 is 0. The highest BCUT2D eigenvalue weighted by atomic mass is 16.2. The van der Waals surface area contributed by atoms with Crippen molar-refractivity contribution in [3.63, 3.8) is 0 Å². The Balaban J connectivity index is 1.08. The van der Waals surface area contributed by atoms with E-state index in [9.17, 15) is 9.59 Å². The minimum Gasteiger partial charge on any atom is -0.339 e. The number of nitrogens with zero attached hydrogens (tertiary/aromatic N) is 2. The minimum atomic E-state index is -0.589. The van der Waals surface area contributed by atoms with Crippen LogP contribution in [-0.2, 0) is 9.59 Å². The summed E-state index contributed by atoms with van der Waals surface area (Å²) >= 11 is 0. The molecule has 0 radical (unpaired) electrons. The lowest BCUT2D eigenvalue weighted by molar-refractivity contribution is -0.144. The van der Waals surface area contributed by atoms with Gasteiger partial charge in [-0.1, -0.05) is 0 Å². The maximum absolute atomic E-state index is 13.1. The van der Waals surface area contributed by atoms with Crippen LogP contribution in [-0.4, -0.2) is 65.4 Å². The molecule has 5 rings (SSSR count). The van der Waals surface area contributed by atoms with Gasteiger partial charge in [0.15, 0.2) is 0 Å². The predicted octanol–water partition coefficient (Wildman–Crippen LogP) is 2.37. The van der Waals surface area contributed by atoms with Crippen molar-refractivity contribution in [1.29, 1.82) is 0 Å². The lowest BCUT2D eigenvalue weighted by Gasteiger charge is -2.42. The molecule has 2 heterocycles. The first-order valence-electron chi connectivity index (χ1n) is 13.0. The van der Waals surface area contributed by atoms with Crippen molar-refractivity contribution in [3.05, 3.63) is 0 Å². The Morgan fingerprint density at radius 3 is 2.03 bits per heavy atom. The number of hydrogen-bond acceptors (Lipinski definition) is 4. The van der Waals surface area contributed by atoms with Crippen molar-refractivity contribution in [2.75, 3.05) is 26.2 Å². The van der Waals surface area contributed by atoms with Crippen LogP contribution in [0.25, 0.3) is 0 Å². The maximum Gasteiger partial charge on any atom is 0.242 e. The molecule has 0 aromatic rings. The largest absolute Gasteiger partial charge is 0.339 e. The van der Waals surface area contributed by atoms with Crippen molar-refractivity contribution < 1.29 is 9.59 Å². The highest BCUT2D eigenvalue weighted by Crippen LogP contribution is 2.47. The summed E-state index contributed by atoms with van der Waals surface area (Å²) in [5.41, 5.74) is 5.49. The van der Waals surface area contributed by atoms with Crippen LogP contribution in [0.15, 0.2) is 0 Å². The van der Waals surface area contributed by atoms with E-state index in [1.807, 2.05) is 9.80 Å². The van der Waals surface area contributed by atoms with E-state index in [2.05, 4.69) is 19.2 Å². The number of amides is 2. The number of carbonyl (C=O) groups is 2. The fourth-order valence-electron chi connectivity index (χ4n) is 7.44. The van der Waals surface area contributed by atoms with Gasteiger partial charge in [0, 0.05) is 44.2 Å². The van der Waals surface area contributed by atoms with Crippen LogP contribution in [0, 0.1) is 29.6 Å². The number of fused-ring (bicyclic) bond motifs is 1. The molecule has 5 atom stereocenters. The van der Waals surface area contributed by atoms with E-state index in [1.54, 1.807) is 0 Å². The molecule has 2 amide bonds. The second-order valence-electron chi connectivity index (χ2n) is 11.5. The fourth-order valence-corrected chi connectivity index (χ4v) is 7.44. The summed E-state index contributed by atoms with van der Waals surface area (Å²) in [6.07, 6.45) is 10.4. The summed E-state index contributed by atoms with van der Waals surface area (Å²) in [7, 11) is 0. The van der Waals surface area contributed by atoms with Crippen LogP contribution >= 0.6 is 0 Å². The molecule has 6 heteroatoms. The van der Waals surface area contributed by atoms with Crippen LogP contribution < -0.4 is 11.1 Å². The molecular weight excluding hydrogens is 388 g/mol. The molecule has 0 bridgehead atoms. The number of carbonyl (C=O) groups excluding carboxylic acids is 2. The normalized spacial score (nSPS) is 42.2. The molecule has 0 aromatic carbocycles. The molecule has 0 aromatic heterocycles. The smallest absolute Gasteiger partial charge is 0.242 e. The number of hydrogen-bond donors (Lipinski definition) is 2. The Kier molecular flexibility index (Phi) is 5.83. The monoisotopic (exact) mass is 430 g/mol. The summed E-state index contributed by atoms with van der Waals surface area (Å²) in [5.74, 6) is 4.06. The molecule has 6 nitrogen and oxygen atoms in total. The number of nitrogens with two attached hydrogens (primary N) is 1. The summed E-state index contributed by atoms with van der Waals surface area (Å²) in [6.45, 7) is 7.39.